The van der Waals surface area contributed by atoms with Gasteiger partial charge in [0.25, 0.3) is 5.91 Å². The van der Waals surface area contributed by atoms with Crippen molar-refractivity contribution < 1.29 is 14.1 Å². The molecule has 0 aliphatic carbocycles. The maximum Gasteiger partial charge on any atom is 0.276 e. The number of benzene rings is 1. The predicted octanol–water partition coefficient (Wildman–Crippen LogP) is 3.10. The molecule has 1 atom stereocenters. The predicted molar refractivity (Wildman–Crippen MR) is 113 cm³/mol. The Labute approximate surface area is 176 Å². The number of aromatic nitrogens is 2. The number of pyridine rings is 1. The summed E-state index contributed by atoms with van der Waals surface area (Å²) in [6, 6.07) is 15.4. The molecule has 1 aromatic carbocycles. The van der Waals surface area contributed by atoms with Gasteiger partial charge in [-0.1, -0.05) is 35.5 Å². The fourth-order valence-corrected chi connectivity index (χ4v) is 3.63. The van der Waals surface area contributed by atoms with Gasteiger partial charge in [-0.25, -0.2) is 0 Å². The highest BCUT2D eigenvalue weighted by atomic mass is 16.5. The van der Waals surface area contributed by atoms with E-state index in [0.29, 0.717) is 18.0 Å². The van der Waals surface area contributed by atoms with Crippen molar-refractivity contribution >= 4 is 5.91 Å². The molecule has 7 heteroatoms. The Hall–Kier alpha value is -3.03. The quantitative estimate of drug-likeness (QED) is 0.600. The average Bonchev–Trinajstić information content (AvgIpc) is 3.29. The fourth-order valence-electron chi connectivity index (χ4n) is 3.63. The molecule has 1 fully saturated rings. The second-order valence-corrected chi connectivity index (χ2v) is 7.50. The fraction of sp³-hybridized carbons (Fsp3) is 0.348. The number of hydrogen-bond donors (Lipinski definition) is 0. The van der Waals surface area contributed by atoms with E-state index in [0.717, 1.165) is 44.0 Å². The van der Waals surface area contributed by atoms with Crippen LogP contribution in [0.3, 0.4) is 0 Å². The first-order valence-corrected chi connectivity index (χ1v) is 10.2. The second-order valence-electron chi connectivity index (χ2n) is 7.50. The van der Waals surface area contributed by atoms with Gasteiger partial charge in [0.1, 0.15) is 0 Å². The first-order chi connectivity index (χ1) is 14.7. The minimum Gasteiger partial charge on any atom is -0.379 e. The Kier molecular flexibility index (Phi) is 6.51. The van der Waals surface area contributed by atoms with Crippen molar-refractivity contribution in [1.82, 2.24) is 19.9 Å². The lowest BCUT2D eigenvalue weighted by atomic mass is 10.1. The molecule has 1 saturated heterocycles. The van der Waals surface area contributed by atoms with E-state index in [1.54, 1.807) is 18.5 Å². The number of amides is 1. The smallest absolute Gasteiger partial charge is 0.276 e. The van der Waals surface area contributed by atoms with Crippen LogP contribution >= 0.6 is 0 Å². The van der Waals surface area contributed by atoms with Crippen LogP contribution in [-0.2, 0) is 11.3 Å². The van der Waals surface area contributed by atoms with Crippen LogP contribution in [0.25, 0.3) is 11.3 Å². The van der Waals surface area contributed by atoms with Gasteiger partial charge in [-0.3, -0.25) is 14.7 Å². The SMILES string of the molecule is CC(CN1CCOCC1)N(Cc1ccccc1)C(=O)c1cc(-c2cccnc2)on1. The van der Waals surface area contributed by atoms with Gasteiger partial charge >= 0.3 is 0 Å². The zero-order valence-electron chi connectivity index (χ0n) is 17.1. The van der Waals surface area contributed by atoms with Crippen LogP contribution < -0.4 is 0 Å². The van der Waals surface area contributed by atoms with E-state index >= 15 is 0 Å². The molecule has 0 saturated carbocycles. The zero-order valence-corrected chi connectivity index (χ0v) is 17.1. The molecule has 3 aromatic rings. The number of nitrogens with zero attached hydrogens (tertiary/aromatic N) is 4. The van der Waals surface area contributed by atoms with Gasteiger partial charge < -0.3 is 14.2 Å². The lowest BCUT2D eigenvalue weighted by molar-refractivity contribution is 0.0226. The number of hydrogen-bond acceptors (Lipinski definition) is 6. The molecule has 3 heterocycles. The summed E-state index contributed by atoms with van der Waals surface area (Å²) in [6.45, 7) is 6.61. The highest BCUT2D eigenvalue weighted by Gasteiger charge is 2.27. The Morgan fingerprint density at radius 3 is 2.70 bits per heavy atom. The molecule has 0 N–H and O–H groups in total. The Bertz CT molecular complexity index is 939. The third-order valence-electron chi connectivity index (χ3n) is 5.29. The van der Waals surface area contributed by atoms with Gasteiger partial charge in [0.05, 0.1) is 13.2 Å². The molecule has 0 bridgehead atoms. The van der Waals surface area contributed by atoms with Gasteiger partial charge in [0, 0.05) is 56.2 Å². The largest absolute Gasteiger partial charge is 0.379 e. The highest BCUT2D eigenvalue weighted by molar-refractivity contribution is 5.93. The Balaban J connectivity index is 1.54. The summed E-state index contributed by atoms with van der Waals surface area (Å²) in [6.07, 6.45) is 3.39. The summed E-state index contributed by atoms with van der Waals surface area (Å²) in [5.74, 6) is 0.394. The van der Waals surface area contributed by atoms with Gasteiger partial charge in [-0.05, 0) is 24.6 Å². The van der Waals surface area contributed by atoms with E-state index < -0.39 is 0 Å². The van der Waals surface area contributed by atoms with E-state index in [4.69, 9.17) is 9.26 Å². The molecule has 2 aromatic heterocycles. The van der Waals surface area contributed by atoms with Crippen molar-refractivity contribution in [3.8, 4) is 11.3 Å². The van der Waals surface area contributed by atoms with Gasteiger partial charge in [0.2, 0.25) is 0 Å². The molecule has 30 heavy (non-hydrogen) atoms. The minimum atomic E-state index is -0.140. The van der Waals surface area contributed by atoms with Crippen molar-refractivity contribution in [2.45, 2.75) is 19.5 Å². The Morgan fingerprint density at radius 2 is 1.97 bits per heavy atom. The maximum absolute atomic E-state index is 13.4. The molecule has 0 spiro atoms. The normalized spacial score (nSPS) is 15.6. The zero-order chi connectivity index (χ0) is 20.8. The summed E-state index contributed by atoms with van der Waals surface area (Å²) >= 11 is 0. The van der Waals surface area contributed by atoms with Crippen molar-refractivity contribution in [2.75, 3.05) is 32.8 Å². The van der Waals surface area contributed by atoms with E-state index in [2.05, 4.69) is 22.0 Å². The molecule has 1 aliphatic rings. The van der Waals surface area contributed by atoms with Crippen LogP contribution in [0.15, 0.2) is 65.4 Å². The molecule has 0 radical (unpaired) electrons. The molecule has 1 amide bonds. The van der Waals surface area contributed by atoms with E-state index in [1.165, 1.54) is 0 Å². The van der Waals surface area contributed by atoms with E-state index in [9.17, 15) is 4.79 Å². The lowest BCUT2D eigenvalue weighted by Gasteiger charge is -2.34. The third-order valence-corrected chi connectivity index (χ3v) is 5.29. The van der Waals surface area contributed by atoms with Crippen LogP contribution in [0.2, 0.25) is 0 Å². The molecular weight excluding hydrogens is 380 g/mol. The summed E-state index contributed by atoms with van der Waals surface area (Å²) < 4.78 is 10.9. The van der Waals surface area contributed by atoms with Gasteiger partial charge in [0.15, 0.2) is 11.5 Å². The summed E-state index contributed by atoms with van der Waals surface area (Å²) in [5.41, 5.74) is 2.18. The van der Waals surface area contributed by atoms with E-state index in [-0.39, 0.29) is 11.9 Å². The van der Waals surface area contributed by atoms with Crippen molar-refractivity contribution in [1.29, 1.82) is 0 Å². The highest BCUT2D eigenvalue weighted by Crippen LogP contribution is 2.21. The first kappa shape index (κ1) is 20.3. The Morgan fingerprint density at radius 1 is 1.17 bits per heavy atom. The van der Waals surface area contributed by atoms with Gasteiger partial charge in [-0.15, -0.1) is 0 Å². The van der Waals surface area contributed by atoms with E-state index in [1.807, 2.05) is 47.4 Å². The number of rotatable bonds is 7. The minimum absolute atomic E-state index is 0.00866. The monoisotopic (exact) mass is 406 g/mol. The third kappa shape index (κ3) is 4.93. The molecule has 1 aliphatic heterocycles. The van der Waals surface area contributed by atoms with Crippen molar-refractivity contribution in [3.63, 3.8) is 0 Å². The molecule has 1 unspecified atom stereocenters. The first-order valence-electron chi connectivity index (χ1n) is 10.2. The van der Waals surface area contributed by atoms with Crippen LogP contribution in [0.4, 0.5) is 0 Å². The van der Waals surface area contributed by atoms with Crippen LogP contribution in [0.1, 0.15) is 23.0 Å². The van der Waals surface area contributed by atoms with Gasteiger partial charge in [-0.2, -0.15) is 0 Å². The average molecular weight is 406 g/mol. The summed E-state index contributed by atoms with van der Waals surface area (Å²) in [5, 5.41) is 4.06. The second kappa shape index (κ2) is 9.65. The van der Waals surface area contributed by atoms with Crippen LogP contribution in [-0.4, -0.2) is 64.7 Å². The molecule has 7 nitrogen and oxygen atoms in total. The van der Waals surface area contributed by atoms with Crippen molar-refractivity contribution in [2.24, 2.45) is 0 Å². The number of morpholine rings is 1. The number of ether oxygens (including phenoxy) is 1. The topological polar surface area (TPSA) is 71.7 Å². The lowest BCUT2D eigenvalue weighted by Crippen LogP contribution is -2.48. The number of carbonyl (C=O) groups excluding carboxylic acids is 1. The molecule has 156 valence electrons. The summed E-state index contributed by atoms with van der Waals surface area (Å²) in [7, 11) is 0. The maximum atomic E-state index is 13.4. The van der Waals surface area contributed by atoms with Crippen molar-refractivity contribution in [3.05, 3.63) is 72.2 Å². The number of carbonyl (C=O) groups is 1. The molecule has 4 rings (SSSR count). The van der Waals surface area contributed by atoms with Crippen LogP contribution in [0.5, 0.6) is 0 Å². The van der Waals surface area contributed by atoms with Crippen LogP contribution in [0, 0.1) is 0 Å². The standard InChI is InChI=1S/C23H26N4O3/c1-18(16-26-10-12-29-13-11-26)27(17-19-6-3-2-4-7-19)23(28)21-14-22(30-25-21)20-8-5-9-24-15-20/h2-9,14-15,18H,10-13,16-17H2,1H3. The molecular formula is C23H26N4O3. The summed E-state index contributed by atoms with van der Waals surface area (Å²) in [4.78, 5) is 21.7.